The molecule has 0 saturated heterocycles. The quantitative estimate of drug-likeness (QED) is 0.783. The first-order valence-electron chi connectivity index (χ1n) is 6.69. The van der Waals surface area contributed by atoms with Crippen molar-refractivity contribution in [2.24, 2.45) is 0 Å². The van der Waals surface area contributed by atoms with Crippen LogP contribution in [-0.2, 0) is 23.6 Å². The molecule has 1 aromatic carbocycles. The number of nitrogens with zero attached hydrogens (tertiary/aromatic N) is 1. The number of hydrogen-bond donors (Lipinski definition) is 0. The van der Waals surface area contributed by atoms with Gasteiger partial charge in [-0.1, -0.05) is 18.2 Å². The topological polar surface area (TPSA) is 55.8 Å². The van der Waals surface area contributed by atoms with Gasteiger partial charge in [0, 0.05) is 18.3 Å². The van der Waals surface area contributed by atoms with Gasteiger partial charge in [0.15, 0.2) is 5.16 Å². The van der Waals surface area contributed by atoms with Crippen LogP contribution in [0.4, 0.5) is 5.69 Å². The summed E-state index contributed by atoms with van der Waals surface area (Å²) in [5, 5.41) is -1.29. The van der Waals surface area contributed by atoms with E-state index in [2.05, 4.69) is 0 Å². The molecule has 1 aromatic rings. The molecular weight excluding hydrogens is 277 g/mol. The van der Waals surface area contributed by atoms with Crippen molar-refractivity contribution in [3.05, 3.63) is 29.8 Å². The van der Waals surface area contributed by atoms with Gasteiger partial charge in [-0.3, -0.25) is 9.36 Å². The molecule has 0 spiro atoms. The maximum Gasteiger partial charge on any atom is 0.350 e. The predicted octanol–water partition coefficient (Wildman–Crippen LogP) is 3.14. The summed E-state index contributed by atoms with van der Waals surface area (Å²) in [6.45, 7) is 5.58. The number of likely N-dealkylation sites (N-methyl/N-ethyl adjacent to an activating group) is 1. The fraction of sp³-hybridized carbons (Fsp3) is 0.500. The van der Waals surface area contributed by atoms with Gasteiger partial charge >= 0.3 is 7.60 Å². The van der Waals surface area contributed by atoms with Crippen LogP contribution in [0.5, 0.6) is 0 Å². The van der Waals surface area contributed by atoms with E-state index in [1.807, 2.05) is 18.2 Å². The number of carbonyl (C=O) groups excluding carboxylic acids is 1. The first kappa shape index (κ1) is 15.2. The van der Waals surface area contributed by atoms with Crippen LogP contribution in [0.3, 0.4) is 0 Å². The molecule has 0 radical (unpaired) electrons. The van der Waals surface area contributed by atoms with Crippen LogP contribution in [0.15, 0.2) is 24.3 Å². The van der Waals surface area contributed by atoms with E-state index in [4.69, 9.17) is 9.05 Å². The Morgan fingerprint density at radius 3 is 2.30 bits per heavy atom. The average Bonchev–Trinajstić information content (AvgIpc) is 2.63. The van der Waals surface area contributed by atoms with Crippen LogP contribution in [0, 0.1) is 0 Å². The highest BCUT2D eigenvalue weighted by molar-refractivity contribution is 7.56. The van der Waals surface area contributed by atoms with E-state index in [0.717, 1.165) is 5.69 Å². The minimum Gasteiger partial charge on any atom is -0.314 e. The van der Waals surface area contributed by atoms with E-state index in [1.54, 1.807) is 33.9 Å². The first-order chi connectivity index (χ1) is 9.42. The smallest absolute Gasteiger partial charge is 0.314 e. The van der Waals surface area contributed by atoms with Gasteiger partial charge in [-0.15, -0.1) is 0 Å². The van der Waals surface area contributed by atoms with E-state index in [9.17, 15) is 9.36 Å². The normalized spacial score (nSPS) is 22.2. The second-order valence-corrected chi connectivity index (χ2v) is 7.19. The van der Waals surface area contributed by atoms with Crippen molar-refractivity contribution in [2.75, 3.05) is 25.2 Å². The maximum absolute atomic E-state index is 13.2. The second kappa shape index (κ2) is 5.32. The Morgan fingerprint density at radius 1 is 1.20 bits per heavy atom. The van der Waals surface area contributed by atoms with Crippen molar-refractivity contribution in [1.29, 1.82) is 0 Å². The number of fused-ring (bicyclic) bond motifs is 1. The molecule has 20 heavy (non-hydrogen) atoms. The molecule has 1 amide bonds. The zero-order valence-corrected chi connectivity index (χ0v) is 13.1. The molecule has 2 rings (SSSR count). The molecule has 0 aromatic heterocycles. The number of anilines is 1. The van der Waals surface area contributed by atoms with Gasteiger partial charge in [0.25, 0.3) is 0 Å². The van der Waals surface area contributed by atoms with Gasteiger partial charge in [0.05, 0.1) is 13.2 Å². The SMILES string of the molecule is CCOP(=O)(OCC)C1(C)C(=O)N(C)c2ccccc21. The molecule has 1 heterocycles. The summed E-state index contributed by atoms with van der Waals surface area (Å²) >= 11 is 0. The van der Waals surface area contributed by atoms with Crippen LogP contribution in [-0.4, -0.2) is 26.2 Å². The van der Waals surface area contributed by atoms with Gasteiger partial charge in [0.1, 0.15) is 0 Å². The van der Waals surface area contributed by atoms with E-state index < -0.39 is 12.8 Å². The molecule has 0 fully saturated rings. The number of hydrogen-bond acceptors (Lipinski definition) is 4. The molecule has 1 unspecified atom stereocenters. The molecule has 0 saturated carbocycles. The van der Waals surface area contributed by atoms with E-state index >= 15 is 0 Å². The van der Waals surface area contributed by atoms with Crippen molar-refractivity contribution in [2.45, 2.75) is 25.9 Å². The molecular formula is C14H20NO4P. The summed E-state index contributed by atoms with van der Waals surface area (Å²) in [7, 11) is -1.92. The Bertz CT molecular complexity index is 564. The third-order valence-electron chi connectivity index (χ3n) is 3.66. The highest BCUT2D eigenvalue weighted by Gasteiger charge is 2.60. The fourth-order valence-corrected chi connectivity index (χ4v) is 4.77. The van der Waals surface area contributed by atoms with Crippen molar-refractivity contribution in [1.82, 2.24) is 0 Å². The van der Waals surface area contributed by atoms with Crippen LogP contribution < -0.4 is 4.90 Å². The predicted molar refractivity (Wildman–Crippen MR) is 78.1 cm³/mol. The van der Waals surface area contributed by atoms with Gasteiger partial charge in [0.2, 0.25) is 5.91 Å². The highest BCUT2D eigenvalue weighted by atomic mass is 31.2. The Kier molecular flexibility index (Phi) is 4.05. The zero-order valence-electron chi connectivity index (χ0n) is 12.3. The molecule has 0 bridgehead atoms. The van der Waals surface area contributed by atoms with E-state index in [-0.39, 0.29) is 19.1 Å². The lowest BCUT2D eigenvalue weighted by Crippen LogP contribution is -2.37. The van der Waals surface area contributed by atoms with Crippen LogP contribution in [0.1, 0.15) is 26.3 Å². The summed E-state index contributed by atoms with van der Waals surface area (Å²) in [6.07, 6.45) is 0. The maximum atomic E-state index is 13.2. The van der Waals surface area contributed by atoms with Gasteiger partial charge in [-0.25, -0.2) is 0 Å². The molecule has 1 aliphatic heterocycles. The van der Waals surface area contributed by atoms with Crippen molar-refractivity contribution in [3.63, 3.8) is 0 Å². The van der Waals surface area contributed by atoms with Gasteiger partial charge in [-0.05, 0) is 26.8 Å². The second-order valence-electron chi connectivity index (χ2n) is 4.79. The van der Waals surface area contributed by atoms with Crippen molar-refractivity contribution >= 4 is 19.2 Å². The van der Waals surface area contributed by atoms with Gasteiger partial charge in [-0.2, -0.15) is 0 Å². The third-order valence-corrected chi connectivity index (χ3v) is 6.38. The largest absolute Gasteiger partial charge is 0.350 e. The fourth-order valence-electron chi connectivity index (χ4n) is 2.63. The minimum atomic E-state index is -3.60. The Balaban J connectivity index is 2.64. The van der Waals surface area contributed by atoms with E-state index in [1.165, 1.54) is 4.90 Å². The van der Waals surface area contributed by atoms with Crippen molar-refractivity contribution in [3.8, 4) is 0 Å². The molecule has 6 heteroatoms. The number of benzene rings is 1. The number of amides is 1. The van der Waals surface area contributed by atoms with Crippen LogP contribution in [0.2, 0.25) is 0 Å². The monoisotopic (exact) mass is 297 g/mol. The first-order valence-corrected chi connectivity index (χ1v) is 8.23. The summed E-state index contributed by atoms with van der Waals surface area (Å²) in [5.74, 6) is -0.260. The van der Waals surface area contributed by atoms with Gasteiger partial charge < -0.3 is 13.9 Å². The molecule has 0 aliphatic carbocycles. The molecule has 1 atom stereocenters. The number of carbonyl (C=O) groups is 1. The summed E-state index contributed by atoms with van der Waals surface area (Å²) in [5.41, 5.74) is 1.44. The summed E-state index contributed by atoms with van der Waals surface area (Å²) in [4.78, 5) is 14.2. The molecule has 0 N–H and O–H groups in total. The van der Waals surface area contributed by atoms with Crippen LogP contribution >= 0.6 is 7.60 Å². The Labute approximate surface area is 119 Å². The Morgan fingerprint density at radius 2 is 1.75 bits per heavy atom. The van der Waals surface area contributed by atoms with E-state index in [0.29, 0.717) is 5.56 Å². The summed E-state index contributed by atoms with van der Waals surface area (Å²) in [6, 6.07) is 7.31. The average molecular weight is 297 g/mol. The summed E-state index contributed by atoms with van der Waals surface area (Å²) < 4.78 is 24.0. The lowest BCUT2D eigenvalue weighted by molar-refractivity contribution is -0.120. The zero-order chi connectivity index (χ0) is 15.0. The lowest BCUT2D eigenvalue weighted by Gasteiger charge is -2.31. The standard InChI is InChI=1S/C14H20NO4P/c1-5-18-20(17,19-6-2)14(3)11-9-7-8-10-12(11)15(4)13(14)16/h7-10H,5-6H2,1-4H3. The molecule has 1 aliphatic rings. The minimum absolute atomic E-state index is 0.228. The third kappa shape index (κ3) is 1.93. The number of para-hydroxylation sites is 1. The lowest BCUT2D eigenvalue weighted by atomic mass is 10.0. The van der Waals surface area contributed by atoms with Crippen LogP contribution in [0.25, 0.3) is 0 Å². The number of rotatable bonds is 5. The molecule has 110 valence electrons. The molecule has 5 nitrogen and oxygen atoms in total. The highest BCUT2D eigenvalue weighted by Crippen LogP contribution is 2.68. The van der Waals surface area contributed by atoms with Crippen molar-refractivity contribution < 1.29 is 18.4 Å². The Hall–Kier alpha value is -1.16.